The maximum atomic E-state index is 12.4. The summed E-state index contributed by atoms with van der Waals surface area (Å²) >= 11 is 0. The van der Waals surface area contributed by atoms with Crippen LogP contribution in [-0.2, 0) is 16.6 Å². The van der Waals surface area contributed by atoms with E-state index in [9.17, 15) is 13.2 Å². The number of rotatable bonds is 7. The van der Waals surface area contributed by atoms with Crippen LogP contribution in [0.25, 0.3) is 0 Å². The van der Waals surface area contributed by atoms with Crippen molar-refractivity contribution >= 4 is 15.9 Å². The summed E-state index contributed by atoms with van der Waals surface area (Å²) in [7, 11) is -3.71. The Morgan fingerprint density at radius 2 is 1.76 bits per heavy atom. The van der Waals surface area contributed by atoms with E-state index in [1.807, 2.05) is 30.3 Å². The van der Waals surface area contributed by atoms with Gasteiger partial charge < -0.3 is 11.1 Å². The summed E-state index contributed by atoms with van der Waals surface area (Å²) < 4.78 is 27.4. The molecule has 2 aromatic carbocycles. The lowest BCUT2D eigenvalue weighted by atomic mass is 10.1. The predicted octanol–water partition coefficient (Wildman–Crippen LogP) is 1.63. The zero-order valence-electron chi connectivity index (χ0n) is 14.3. The second-order valence-corrected chi connectivity index (χ2v) is 8.28. The van der Waals surface area contributed by atoms with Crippen LogP contribution < -0.4 is 15.8 Å². The second kappa shape index (κ2) is 7.77. The third-order valence-electron chi connectivity index (χ3n) is 3.42. The zero-order valence-corrected chi connectivity index (χ0v) is 15.1. The van der Waals surface area contributed by atoms with Crippen LogP contribution in [0.1, 0.15) is 29.8 Å². The van der Waals surface area contributed by atoms with Gasteiger partial charge in [0.05, 0.1) is 4.90 Å². The van der Waals surface area contributed by atoms with Crippen molar-refractivity contribution in [2.45, 2.75) is 30.8 Å². The van der Waals surface area contributed by atoms with Crippen molar-refractivity contribution in [1.82, 2.24) is 10.0 Å². The summed E-state index contributed by atoms with van der Waals surface area (Å²) in [5, 5.41) is 2.70. The largest absolute Gasteiger partial charge is 0.350 e. The quantitative estimate of drug-likeness (QED) is 0.698. The average molecular weight is 361 g/mol. The highest BCUT2D eigenvalue weighted by molar-refractivity contribution is 7.89. The summed E-state index contributed by atoms with van der Waals surface area (Å²) in [5.41, 5.74) is 6.41. The SMILES string of the molecule is CC(C)(N)CNC(=O)c1cccc(S(=O)(=O)NCc2ccccc2)c1. The molecule has 0 aliphatic heterocycles. The van der Waals surface area contributed by atoms with Gasteiger partial charge in [-0.25, -0.2) is 13.1 Å². The van der Waals surface area contributed by atoms with Gasteiger partial charge in [0.1, 0.15) is 0 Å². The molecule has 0 bridgehead atoms. The molecule has 0 aromatic heterocycles. The maximum Gasteiger partial charge on any atom is 0.251 e. The lowest BCUT2D eigenvalue weighted by Gasteiger charge is -2.19. The van der Waals surface area contributed by atoms with Crippen molar-refractivity contribution in [3.63, 3.8) is 0 Å². The smallest absolute Gasteiger partial charge is 0.251 e. The first-order valence-corrected chi connectivity index (χ1v) is 9.36. The number of nitrogens with two attached hydrogens (primary N) is 1. The summed E-state index contributed by atoms with van der Waals surface area (Å²) in [5.74, 6) is -0.362. The highest BCUT2D eigenvalue weighted by Gasteiger charge is 2.17. The molecule has 0 unspecified atom stereocenters. The number of nitrogens with one attached hydrogen (secondary N) is 2. The fourth-order valence-electron chi connectivity index (χ4n) is 2.07. The number of amides is 1. The van der Waals surface area contributed by atoms with Crippen molar-refractivity contribution in [2.24, 2.45) is 5.73 Å². The topological polar surface area (TPSA) is 101 Å². The van der Waals surface area contributed by atoms with Crippen molar-refractivity contribution < 1.29 is 13.2 Å². The molecule has 0 saturated heterocycles. The third kappa shape index (κ3) is 5.97. The van der Waals surface area contributed by atoms with E-state index in [1.54, 1.807) is 26.0 Å². The molecule has 0 spiro atoms. The summed E-state index contributed by atoms with van der Waals surface area (Å²) in [6.45, 7) is 4.05. The molecular weight excluding hydrogens is 338 g/mol. The van der Waals surface area contributed by atoms with E-state index >= 15 is 0 Å². The van der Waals surface area contributed by atoms with E-state index in [4.69, 9.17) is 5.73 Å². The van der Waals surface area contributed by atoms with Gasteiger partial charge in [0, 0.05) is 24.2 Å². The Hall–Kier alpha value is -2.22. The molecule has 134 valence electrons. The fraction of sp³-hybridized carbons (Fsp3) is 0.278. The monoisotopic (exact) mass is 361 g/mol. The van der Waals surface area contributed by atoms with Gasteiger partial charge in [-0.3, -0.25) is 4.79 Å². The molecule has 7 heteroatoms. The molecule has 2 rings (SSSR count). The van der Waals surface area contributed by atoms with Gasteiger partial charge in [0.15, 0.2) is 0 Å². The Balaban J connectivity index is 2.10. The molecule has 2 aromatic rings. The van der Waals surface area contributed by atoms with Gasteiger partial charge in [-0.2, -0.15) is 0 Å². The third-order valence-corrected chi connectivity index (χ3v) is 4.82. The van der Waals surface area contributed by atoms with E-state index in [-0.39, 0.29) is 29.5 Å². The van der Waals surface area contributed by atoms with Crippen molar-refractivity contribution in [2.75, 3.05) is 6.54 Å². The highest BCUT2D eigenvalue weighted by Crippen LogP contribution is 2.12. The number of hydrogen-bond acceptors (Lipinski definition) is 4. The van der Waals surface area contributed by atoms with Crippen LogP contribution in [0.15, 0.2) is 59.5 Å². The molecule has 25 heavy (non-hydrogen) atoms. The number of hydrogen-bond donors (Lipinski definition) is 3. The maximum absolute atomic E-state index is 12.4. The Labute approximate surface area is 148 Å². The van der Waals surface area contributed by atoms with Gasteiger partial charge in [0.2, 0.25) is 10.0 Å². The van der Waals surface area contributed by atoms with E-state index in [0.717, 1.165) is 5.56 Å². The fourth-order valence-corrected chi connectivity index (χ4v) is 3.14. The van der Waals surface area contributed by atoms with Crippen LogP contribution in [0.5, 0.6) is 0 Å². The highest BCUT2D eigenvalue weighted by atomic mass is 32.2. The molecule has 0 heterocycles. The van der Waals surface area contributed by atoms with E-state index < -0.39 is 15.6 Å². The molecular formula is C18H23N3O3S. The predicted molar refractivity (Wildman–Crippen MR) is 97.5 cm³/mol. The van der Waals surface area contributed by atoms with E-state index in [2.05, 4.69) is 10.0 Å². The number of sulfonamides is 1. The first kappa shape index (κ1) is 19.1. The Bertz CT molecular complexity index is 828. The standard InChI is InChI=1S/C18H23N3O3S/c1-18(2,19)13-20-17(22)15-9-6-10-16(11-15)25(23,24)21-12-14-7-4-3-5-8-14/h3-11,21H,12-13,19H2,1-2H3,(H,20,22). The Kier molecular flexibility index (Phi) is 5.94. The van der Waals surface area contributed by atoms with Crippen molar-refractivity contribution in [3.8, 4) is 0 Å². The Morgan fingerprint density at radius 1 is 1.08 bits per heavy atom. The minimum Gasteiger partial charge on any atom is -0.350 e. The minimum atomic E-state index is -3.71. The van der Waals surface area contributed by atoms with Crippen LogP contribution in [0.3, 0.4) is 0 Å². The molecule has 0 aliphatic rings. The average Bonchev–Trinajstić information content (AvgIpc) is 2.58. The summed E-state index contributed by atoms with van der Waals surface area (Å²) in [4.78, 5) is 12.2. The van der Waals surface area contributed by atoms with Crippen molar-refractivity contribution in [1.29, 1.82) is 0 Å². The van der Waals surface area contributed by atoms with Gasteiger partial charge >= 0.3 is 0 Å². The molecule has 1 amide bonds. The Morgan fingerprint density at radius 3 is 2.40 bits per heavy atom. The number of carbonyl (C=O) groups is 1. The van der Waals surface area contributed by atoms with Gasteiger partial charge in [-0.05, 0) is 37.6 Å². The van der Waals surface area contributed by atoms with Crippen LogP contribution in [-0.4, -0.2) is 26.4 Å². The number of benzene rings is 2. The second-order valence-electron chi connectivity index (χ2n) is 6.51. The zero-order chi connectivity index (χ0) is 18.5. The summed E-state index contributed by atoms with van der Waals surface area (Å²) in [6.07, 6.45) is 0. The molecule has 0 fully saturated rings. The lowest BCUT2D eigenvalue weighted by molar-refractivity contribution is 0.0946. The van der Waals surface area contributed by atoms with E-state index in [0.29, 0.717) is 0 Å². The van der Waals surface area contributed by atoms with Crippen LogP contribution in [0, 0.1) is 0 Å². The number of carbonyl (C=O) groups excluding carboxylic acids is 1. The molecule has 4 N–H and O–H groups in total. The first-order chi connectivity index (χ1) is 11.7. The molecule has 0 aliphatic carbocycles. The van der Waals surface area contributed by atoms with Gasteiger partial charge in [-0.15, -0.1) is 0 Å². The van der Waals surface area contributed by atoms with E-state index in [1.165, 1.54) is 12.1 Å². The van der Waals surface area contributed by atoms with Gasteiger partial charge in [0.25, 0.3) is 5.91 Å². The van der Waals surface area contributed by atoms with Crippen LogP contribution in [0.2, 0.25) is 0 Å². The van der Waals surface area contributed by atoms with Crippen LogP contribution in [0.4, 0.5) is 0 Å². The lowest BCUT2D eigenvalue weighted by Crippen LogP contribution is -2.45. The molecule has 0 saturated carbocycles. The molecule has 6 nitrogen and oxygen atoms in total. The summed E-state index contributed by atoms with van der Waals surface area (Å²) in [6, 6.07) is 15.1. The first-order valence-electron chi connectivity index (χ1n) is 7.88. The minimum absolute atomic E-state index is 0.0445. The molecule has 0 radical (unpaired) electrons. The van der Waals surface area contributed by atoms with Crippen LogP contribution >= 0.6 is 0 Å². The van der Waals surface area contributed by atoms with Gasteiger partial charge in [-0.1, -0.05) is 36.4 Å². The molecule has 0 atom stereocenters. The van der Waals surface area contributed by atoms with Crippen molar-refractivity contribution in [3.05, 3.63) is 65.7 Å². The normalized spacial score (nSPS) is 12.0.